The smallest absolute Gasteiger partial charge is 0.410 e. The first-order valence-electron chi connectivity index (χ1n) is 18.4. The molecule has 0 N–H and O–H groups in total. The van der Waals surface area contributed by atoms with Crippen LogP contribution in [0.4, 0.5) is 20.6 Å². The van der Waals surface area contributed by atoms with Crippen LogP contribution in [0.1, 0.15) is 69.2 Å². The molecular weight excluding hydrogens is 477 g/mol. The summed E-state index contributed by atoms with van der Waals surface area (Å²) in [5, 5.41) is 0. The SMILES string of the molecule is [2H]C(C(=O)N(c1ccc(N2CCOCC2)c(F)c1)C([2H])([2H])C1([2H])C([2H])([2H])C([2H])([2H])N(C(=O)OC(C)(C)C)C([2H])([2H])C1([2H])[2H])C1CCOCC1. The molecule has 3 heterocycles. The van der Waals surface area contributed by atoms with Gasteiger partial charge in [0, 0.05) is 71.6 Å². The summed E-state index contributed by atoms with van der Waals surface area (Å²) in [5.74, 6) is -7.39. The van der Waals surface area contributed by atoms with Gasteiger partial charge in [0.2, 0.25) is 5.91 Å². The molecule has 1 unspecified atom stereocenters. The number of ether oxygens (including phenoxy) is 3. The Hall–Kier alpha value is -2.39. The summed E-state index contributed by atoms with van der Waals surface area (Å²) in [7, 11) is 0. The second-order valence-corrected chi connectivity index (χ2v) is 9.80. The van der Waals surface area contributed by atoms with Crippen LogP contribution in [0.25, 0.3) is 0 Å². The molecule has 0 aromatic heterocycles. The van der Waals surface area contributed by atoms with Crippen LogP contribution in [-0.4, -0.2) is 81.5 Å². The van der Waals surface area contributed by atoms with Gasteiger partial charge in [0.25, 0.3) is 0 Å². The van der Waals surface area contributed by atoms with Crippen LogP contribution in [0, 0.1) is 17.6 Å². The third-order valence-electron chi connectivity index (χ3n) is 5.79. The van der Waals surface area contributed by atoms with E-state index in [4.69, 9.17) is 26.5 Å². The highest BCUT2D eigenvalue weighted by atomic mass is 19.1. The van der Waals surface area contributed by atoms with E-state index in [-0.39, 0.29) is 49.9 Å². The van der Waals surface area contributed by atoms with Crippen LogP contribution in [0.15, 0.2) is 18.2 Å². The van der Waals surface area contributed by atoms with Crippen molar-refractivity contribution in [2.75, 3.05) is 68.8 Å². The predicted octanol–water partition coefficient (Wildman–Crippen LogP) is 4.46. The molecule has 206 valence electrons. The monoisotopic (exact) mass is 531 g/mol. The summed E-state index contributed by atoms with van der Waals surface area (Å²) in [6, 6.07) is 2.99. The van der Waals surface area contributed by atoms with Crippen LogP contribution in [0.3, 0.4) is 0 Å². The summed E-state index contributed by atoms with van der Waals surface area (Å²) in [6.45, 7) is -6.49. The summed E-state index contributed by atoms with van der Waals surface area (Å²) < 4.78 is 138. The number of piperidine rings is 1. The minimum Gasteiger partial charge on any atom is -0.444 e. The normalized spacial score (nSPS) is 32.4. The van der Waals surface area contributed by atoms with E-state index < -0.39 is 84.5 Å². The molecule has 0 saturated carbocycles. The Morgan fingerprint density at radius 3 is 2.43 bits per heavy atom. The van der Waals surface area contributed by atoms with Gasteiger partial charge in [-0.25, -0.2) is 9.18 Å². The number of hydrogen-bond acceptors (Lipinski definition) is 6. The van der Waals surface area contributed by atoms with Gasteiger partial charge >= 0.3 is 6.09 Å². The Kier molecular flexibility index (Phi) is 5.34. The van der Waals surface area contributed by atoms with E-state index in [0.717, 1.165) is 6.07 Å². The molecular formula is C28H42FN3O5. The molecule has 1 aromatic carbocycles. The fraction of sp³-hybridized carbons (Fsp3) is 0.714. The first-order valence-corrected chi connectivity index (χ1v) is 12.3. The van der Waals surface area contributed by atoms with Crippen LogP contribution < -0.4 is 9.80 Å². The van der Waals surface area contributed by atoms with E-state index in [1.807, 2.05) is 0 Å². The topological polar surface area (TPSA) is 71.6 Å². The molecule has 0 radical (unpaired) electrons. The Morgan fingerprint density at radius 2 is 1.81 bits per heavy atom. The van der Waals surface area contributed by atoms with Gasteiger partial charge in [-0.1, -0.05) is 0 Å². The van der Waals surface area contributed by atoms with E-state index in [1.165, 1.54) is 26.8 Å². The summed E-state index contributed by atoms with van der Waals surface area (Å²) in [6.07, 6.45) is -11.6. The minimum absolute atomic E-state index is 0.0384. The molecule has 3 saturated heterocycles. The highest BCUT2D eigenvalue weighted by Crippen LogP contribution is 2.30. The number of anilines is 2. The summed E-state index contributed by atoms with van der Waals surface area (Å²) in [5.41, 5.74) is -2.00. The quantitative estimate of drug-likeness (QED) is 0.540. The van der Waals surface area contributed by atoms with Crippen LogP contribution in [-0.2, 0) is 19.0 Å². The Bertz CT molecular complexity index is 1390. The standard InChI is InChI=1S/C28H42FN3O5/c1-28(2,3)37-27(34)31-10-6-22(7-11-31)20-32(26(33)18-21-8-14-35-15-9-21)23-4-5-25(24(29)19-23)30-12-16-36-17-13-30/h4-5,19,21-22H,6-18,20H2,1-3H3/i6D2,7D2,10D2,11D2,18D,20D2,22D. The molecule has 8 nitrogen and oxygen atoms in total. The number of hydrogen-bond donors (Lipinski definition) is 0. The highest BCUT2D eigenvalue weighted by molar-refractivity contribution is 5.93. The number of carbonyl (C=O) groups is 2. The maximum absolute atomic E-state index is 15.8. The average molecular weight is 532 g/mol. The maximum Gasteiger partial charge on any atom is 0.410 e. The number of amides is 2. The molecule has 0 aliphatic carbocycles. The van der Waals surface area contributed by atoms with E-state index in [0.29, 0.717) is 19.2 Å². The largest absolute Gasteiger partial charge is 0.444 e. The van der Waals surface area contributed by atoms with E-state index in [1.54, 1.807) is 4.90 Å². The van der Waals surface area contributed by atoms with Crippen molar-refractivity contribution in [3.05, 3.63) is 24.0 Å². The molecule has 0 spiro atoms. The summed E-state index contributed by atoms with van der Waals surface area (Å²) >= 11 is 0. The zero-order valence-electron chi connectivity index (χ0n) is 33.3. The Balaban J connectivity index is 1.94. The van der Waals surface area contributed by atoms with Crippen molar-refractivity contribution in [1.29, 1.82) is 0 Å². The van der Waals surface area contributed by atoms with Crippen molar-refractivity contribution in [1.82, 2.24) is 4.90 Å². The molecule has 2 amide bonds. The third-order valence-corrected chi connectivity index (χ3v) is 5.79. The van der Waals surface area contributed by atoms with E-state index in [2.05, 4.69) is 0 Å². The van der Waals surface area contributed by atoms with Gasteiger partial charge in [-0.05, 0) is 76.4 Å². The Morgan fingerprint density at radius 1 is 1.16 bits per heavy atom. The second kappa shape index (κ2) is 12.4. The van der Waals surface area contributed by atoms with Gasteiger partial charge in [-0.15, -0.1) is 0 Å². The lowest BCUT2D eigenvalue weighted by molar-refractivity contribution is -0.120. The number of rotatable bonds is 6. The van der Waals surface area contributed by atoms with E-state index >= 15 is 4.39 Å². The van der Waals surface area contributed by atoms with Crippen molar-refractivity contribution in [2.24, 2.45) is 11.8 Å². The van der Waals surface area contributed by atoms with Crippen molar-refractivity contribution in [2.45, 2.75) is 58.4 Å². The molecule has 4 rings (SSSR count). The van der Waals surface area contributed by atoms with Crippen molar-refractivity contribution < 1.29 is 44.6 Å². The lowest BCUT2D eigenvalue weighted by atomic mass is 9.93. The van der Waals surface area contributed by atoms with Crippen molar-refractivity contribution in [3.63, 3.8) is 0 Å². The molecule has 1 aromatic rings. The van der Waals surface area contributed by atoms with Gasteiger partial charge < -0.3 is 28.9 Å². The zero-order chi connectivity index (χ0) is 37.2. The second-order valence-electron chi connectivity index (χ2n) is 9.80. The van der Waals surface area contributed by atoms with Gasteiger partial charge in [-0.3, -0.25) is 4.79 Å². The number of nitrogens with zero attached hydrogens (tertiary/aromatic N) is 3. The van der Waals surface area contributed by atoms with E-state index in [9.17, 15) is 13.7 Å². The van der Waals surface area contributed by atoms with Gasteiger partial charge in [-0.2, -0.15) is 0 Å². The lowest BCUT2D eigenvalue weighted by Gasteiger charge is -2.36. The molecule has 3 aliphatic rings. The predicted molar refractivity (Wildman–Crippen MR) is 140 cm³/mol. The molecule has 3 fully saturated rings. The third kappa shape index (κ3) is 7.80. The molecule has 0 bridgehead atoms. The summed E-state index contributed by atoms with van der Waals surface area (Å²) in [4.78, 5) is 28.7. The minimum atomic E-state index is -4.25. The first-order chi connectivity index (χ1) is 22.3. The Labute approximate surface area is 236 Å². The number of likely N-dealkylation sites (tertiary alicyclic amines) is 1. The highest BCUT2D eigenvalue weighted by Gasteiger charge is 2.30. The fourth-order valence-electron chi connectivity index (χ4n) is 3.95. The number of morpholine rings is 1. The maximum atomic E-state index is 15.8. The van der Waals surface area contributed by atoms with Crippen LogP contribution in [0.2, 0.25) is 0 Å². The zero-order valence-corrected chi connectivity index (χ0v) is 21.3. The molecule has 37 heavy (non-hydrogen) atoms. The number of carbonyl (C=O) groups excluding carboxylic acids is 2. The van der Waals surface area contributed by atoms with Gasteiger partial charge in [0.1, 0.15) is 11.4 Å². The van der Waals surface area contributed by atoms with Crippen LogP contribution >= 0.6 is 0 Å². The molecule has 3 aliphatic heterocycles. The molecule has 1 atom stereocenters. The average Bonchev–Trinajstić information content (AvgIpc) is 2.99. The number of benzene rings is 1. The lowest BCUT2D eigenvalue weighted by Crippen LogP contribution is -2.45. The number of halogens is 1. The molecule has 9 heteroatoms. The van der Waals surface area contributed by atoms with Crippen molar-refractivity contribution in [3.8, 4) is 0 Å². The van der Waals surface area contributed by atoms with Gasteiger partial charge in [0.15, 0.2) is 0 Å². The van der Waals surface area contributed by atoms with Crippen LogP contribution in [0.5, 0.6) is 0 Å². The first kappa shape index (κ1) is 15.9. The van der Waals surface area contributed by atoms with Crippen molar-refractivity contribution >= 4 is 23.4 Å². The fourth-order valence-corrected chi connectivity index (χ4v) is 3.95. The van der Waals surface area contributed by atoms with Gasteiger partial charge in [0.05, 0.1) is 21.6 Å².